The number of carbonyl (C=O) groups is 1. The van der Waals surface area contributed by atoms with Crippen LogP contribution in [0.5, 0.6) is 0 Å². The Labute approximate surface area is 115 Å². The normalized spacial score (nSPS) is 19.2. The van der Waals surface area contributed by atoms with Crippen LogP contribution in [0.2, 0.25) is 0 Å². The first kappa shape index (κ1) is 13.8. The second kappa shape index (κ2) is 5.99. The van der Waals surface area contributed by atoms with Gasteiger partial charge in [0.05, 0.1) is 23.5 Å². The van der Waals surface area contributed by atoms with Crippen molar-refractivity contribution in [2.45, 2.75) is 6.10 Å². The Kier molecular flexibility index (Phi) is 4.34. The maximum Gasteiger partial charge on any atom is 0.270 e. The Morgan fingerprint density at radius 2 is 2.37 bits per heavy atom. The zero-order chi connectivity index (χ0) is 13.8. The zero-order valence-corrected chi connectivity index (χ0v) is 10.9. The van der Waals surface area contributed by atoms with Crippen molar-refractivity contribution < 1.29 is 14.5 Å². The summed E-state index contributed by atoms with van der Waals surface area (Å²) in [4.78, 5) is 24.0. The van der Waals surface area contributed by atoms with Gasteiger partial charge < -0.3 is 9.64 Å². The monoisotopic (exact) mass is 284 g/mol. The molecule has 19 heavy (non-hydrogen) atoms. The van der Waals surface area contributed by atoms with E-state index in [0.29, 0.717) is 31.1 Å². The van der Waals surface area contributed by atoms with Gasteiger partial charge in [0, 0.05) is 30.8 Å². The van der Waals surface area contributed by atoms with Gasteiger partial charge in [-0.15, -0.1) is 11.6 Å². The molecule has 1 aliphatic rings. The van der Waals surface area contributed by atoms with Gasteiger partial charge in [0.2, 0.25) is 0 Å². The second-order valence-electron chi connectivity index (χ2n) is 4.21. The van der Waals surface area contributed by atoms with E-state index >= 15 is 0 Å². The van der Waals surface area contributed by atoms with Gasteiger partial charge in [0.25, 0.3) is 11.6 Å². The highest BCUT2D eigenvalue weighted by Gasteiger charge is 2.25. The average Bonchev–Trinajstić information content (AvgIpc) is 2.46. The number of nitro benzene ring substituents is 1. The van der Waals surface area contributed by atoms with Crippen molar-refractivity contribution in [3.8, 4) is 0 Å². The lowest BCUT2D eigenvalue weighted by molar-refractivity contribution is -0.384. The Morgan fingerprint density at radius 3 is 3.05 bits per heavy atom. The van der Waals surface area contributed by atoms with E-state index in [1.54, 1.807) is 11.0 Å². The van der Waals surface area contributed by atoms with Crippen molar-refractivity contribution in [2.75, 3.05) is 25.6 Å². The van der Waals surface area contributed by atoms with Crippen molar-refractivity contribution in [2.24, 2.45) is 0 Å². The van der Waals surface area contributed by atoms with Crippen molar-refractivity contribution in [3.05, 3.63) is 39.9 Å². The summed E-state index contributed by atoms with van der Waals surface area (Å²) in [6.07, 6.45) is -0.182. The van der Waals surface area contributed by atoms with Crippen LogP contribution < -0.4 is 0 Å². The number of hydrogen-bond donors (Lipinski definition) is 0. The Balaban J connectivity index is 2.14. The molecule has 1 fully saturated rings. The SMILES string of the molecule is O=C(c1cccc([N+](=O)[O-])c1)N1CCOC(CCl)C1. The summed E-state index contributed by atoms with van der Waals surface area (Å²) >= 11 is 5.71. The predicted octanol–water partition coefficient (Wildman–Crippen LogP) is 1.67. The summed E-state index contributed by atoms with van der Waals surface area (Å²) < 4.78 is 5.37. The van der Waals surface area contributed by atoms with Crippen LogP contribution in [0.1, 0.15) is 10.4 Å². The van der Waals surface area contributed by atoms with E-state index in [1.807, 2.05) is 0 Å². The Morgan fingerprint density at radius 1 is 1.58 bits per heavy atom. The maximum atomic E-state index is 12.2. The molecule has 0 aromatic heterocycles. The smallest absolute Gasteiger partial charge is 0.270 e. The van der Waals surface area contributed by atoms with Crippen molar-refractivity contribution in [1.82, 2.24) is 4.90 Å². The Bertz CT molecular complexity index is 494. The summed E-state index contributed by atoms with van der Waals surface area (Å²) in [6, 6.07) is 5.72. The summed E-state index contributed by atoms with van der Waals surface area (Å²) in [7, 11) is 0. The molecule has 6 nitrogen and oxygen atoms in total. The number of ether oxygens (including phenoxy) is 1. The minimum atomic E-state index is -0.516. The first-order chi connectivity index (χ1) is 9.11. The topological polar surface area (TPSA) is 72.7 Å². The number of carbonyl (C=O) groups excluding carboxylic acids is 1. The van der Waals surface area contributed by atoms with E-state index in [-0.39, 0.29) is 17.7 Å². The van der Waals surface area contributed by atoms with Gasteiger partial charge in [-0.1, -0.05) is 6.07 Å². The van der Waals surface area contributed by atoms with Crippen LogP contribution in [-0.4, -0.2) is 47.4 Å². The van der Waals surface area contributed by atoms with E-state index in [4.69, 9.17) is 16.3 Å². The number of non-ortho nitro benzene ring substituents is 1. The lowest BCUT2D eigenvalue weighted by atomic mass is 10.1. The van der Waals surface area contributed by atoms with Crippen LogP contribution in [0.25, 0.3) is 0 Å². The van der Waals surface area contributed by atoms with E-state index in [9.17, 15) is 14.9 Å². The van der Waals surface area contributed by atoms with E-state index < -0.39 is 4.92 Å². The molecule has 0 radical (unpaired) electrons. The number of halogens is 1. The molecule has 0 N–H and O–H groups in total. The fourth-order valence-electron chi connectivity index (χ4n) is 1.93. The highest BCUT2D eigenvalue weighted by Crippen LogP contribution is 2.16. The minimum absolute atomic E-state index is 0.0898. The molecule has 0 saturated carbocycles. The first-order valence-electron chi connectivity index (χ1n) is 5.83. The molecule has 102 valence electrons. The van der Waals surface area contributed by atoms with Gasteiger partial charge in [0.15, 0.2) is 0 Å². The molecular weight excluding hydrogens is 272 g/mol. The first-order valence-corrected chi connectivity index (χ1v) is 6.36. The van der Waals surface area contributed by atoms with Gasteiger partial charge in [-0.25, -0.2) is 0 Å². The number of hydrogen-bond acceptors (Lipinski definition) is 4. The van der Waals surface area contributed by atoms with Crippen molar-refractivity contribution >= 4 is 23.2 Å². The van der Waals surface area contributed by atoms with Gasteiger partial charge in [-0.05, 0) is 6.07 Å². The predicted molar refractivity (Wildman–Crippen MR) is 69.5 cm³/mol. The number of benzene rings is 1. The molecule has 7 heteroatoms. The number of nitrogens with zero attached hydrogens (tertiary/aromatic N) is 2. The van der Waals surface area contributed by atoms with Crippen LogP contribution in [0, 0.1) is 10.1 Å². The molecule has 1 saturated heterocycles. The molecule has 0 spiro atoms. The summed E-state index contributed by atoms with van der Waals surface area (Å²) in [5, 5.41) is 10.7. The standard InChI is InChI=1S/C12H13ClN2O4/c13-7-11-8-14(4-5-19-11)12(16)9-2-1-3-10(6-9)15(17)18/h1-3,6,11H,4-5,7-8H2. The highest BCUT2D eigenvalue weighted by molar-refractivity contribution is 6.18. The third-order valence-electron chi connectivity index (χ3n) is 2.90. The number of nitro groups is 1. The molecule has 1 aromatic carbocycles. The fraction of sp³-hybridized carbons (Fsp3) is 0.417. The van der Waals surface area contributed by atoms with Gasteiger partial charge in [-0.3, -0.25) is 14.9 Å². The van der Waals surface area contributed by atoms with E-state index in [2.05, 4.69) is 0 Å². The third kappa shape index (κ3) is 3.21. The molecule has 2 rings (SSSR count). The third-order valence-corrected chi connectivity index (χ3v) is 3.25. The quantitative estimate of drug-likeness (QED) is 0.481. The van der Waals surface area contributed by atoms with Crippen LogP contribution >= 0.6 is 11.6 Å². The molecule has 0 bridgehead atoms. The molecule has 1 unspecified atom stereocenters. The van der Waals surface area contributed by atoms with Crippen molar-refractivity contribution in [1.29, 1.82) is 0 Å². The number of amides is 1. The minimum Gasteiger partial charge on any atom is -0.373 e. The molecule has 0 aliphatic carbocycles. The van der Waals surface area contributed by atoms with Gasteiger partial charge >= 0.3 is 0 Å². The zero-order valence-electron chi connectivity index (χ0n) is 10.1. The summed E-state index contributed by atoms with van der Waals surface area (Å²) in [5.74, 6) is 0.0840. The molecule has 1 amide bonds. The lowest BCUT2D eigenvalue weighted by Crippen LogP contribution is -2.46. The number of morpholine rings is 1. The summed E-state index contributed by atoms with van der Waals surface area (Å²) in [5.41, 5.74) is 0.220. The Hall–Kier alpha value is -1.66. The van der Waals surface area contributed by atoms with Crippen LogP contribution in [-0.2, 0) is 4.74 Å². The maximum absolute atomic E-state index is 12.2. The van der Waals surface area contributed by atoms with E-state index in [1.165, 1.54) is 18.2 Å². The fourth-order valence-corrected chi connectivity index (χ4v) is 2.12. The van der Waals surface area contributed by atoms with Crippen LogP contribution in [0.4, 0.5) is 5.69 Å². The largest absolute Gasteiger partial charge is 0.373 e. The molecular formula is C12H13ClN2O4. The van der Waals surface area contributed by atoms with Crippen LogP contribution in [0.15, 0.2) is 24.3 Å². The van der Waals surface area contributed by atoms with E-state index in [0.717, 1.165) is 0 Å². The highest BCUT2D eigenvalue weighted by atomic mass is 35.5. The molecule has 1 aliphatic heterocycles. The second-order valence-corrected chi connectivity index (χ2v) is 4.51. The van der Waals surface area contributed by atoms with Gasteiger partial charge in [-0.2, -0.15) is 0 Å². The molecule has 1 atom stereocenters. The summed E-state index contributed by atoms with van der Waals surface area (Å²) in [6.45, 7) is 1.30. The van der Waals surface area contributed by atoms with Gasteiger partial charge in [0.1, 0.15) is 0 Å². The average molecular weight is 285 g/mol. The lowest BCUT2D eigenvalue weighted by Gasteiger charge is -2.32. The number of rotatable bonds is 3. The number of alkyl halides is 1. The van der Waals surface area contributed by atoms with Crippen molar-refractivity contribution in [3.63, 3.8) is 0 Å². The van der Waals surface area contributed by atoms with Crippen LogP contribution in [0.3, 0.4) is 0 Å². The molecule has 1 heterocycles. The molecule has 1 aromatic rings.